The second-order valence-corrected chi connectivity index (χ2v) is 7.57. The number of hydrogen-bond acceptors (Lipinski definition) is 3. The summed E-state index contributed by atoms with van der Waals surface area (Å²) in [5, 5.41) is 4.78. The first-order valence-electron chi connectivity index (χ1n) is 9.41. The minimum Gasteiger partial charge on any atom is -0.497 e. The van der Waals surface area contributed by atoms with Gasteiger partial charge in [0.1, 0.15) is 5.75 Å². The summed E-state index contributed by atoms with van der Waals surface area (Å²) < 4.78 is 7.95. The molecule has 148 valence electrons. The van der Waals surface area contributed by atoms with Crippen molar-refractivity contribution in [2.75, 3.05) is 7.11 Å². The van der Waals surface area contributed by atoms with Crippen LogP contribution in [-0.2, 0) is 0 Å². The predicted molar refractivity (Wildman–Crippen MR) is 123 cm³/mol. The Hall–Kier alpha value is -3.44. The van der Waals surface area contributed by atoms with Crippen LogP contribution in [0.5, 0.6) is 5.75 Å². The van der Waals surface area contributed by atoms with Gasteiger partial charge < -0.3 is 4.74 Å². The summed E-state index contributed by atoms with van der Waals surface area (Å²) in [5.74, 6) is 0.641. The first-order chi connectivity index (χ1) is 14.6. The van der Waals surface area contributed by atoms with Gasteiger partial charge >= 0.3 is 0 Å². The molecule has 0 atom stereocenters. The molecule has 4 aromatic rings. The number of carbonyl (C=O) groups is 1. The molecule has 0 saturated carbocycles. The second kappa shape index (κ2) is 8.93. The van der Waals surface area contributed by atoms with Crippen LogP contribution < -0.4 is 4.74 Å². The number of carbonyl (C=O) groups excluding carboxylic acids is 1. The van der Waals surface area contributed by atoms with Gasteiger partial charge in [0, 0.05) is 27.4 Å². The Kier molecular flexibility index (Phi) is 5.91. The zero-order chi connectivity index (χ0) is 20.9. The van der Waals surface area contributed by atoms with Gasteiger partial charge in [-0.15, -0.1) is 0 Å². The lowest BCUT2D eigenvalue weighted by Gasteiger charge is -2.01. The SMILES string of the molecule is COc1ccc(C(=O)C=Cc2cn(-c3ccccc3)nc2-c2cccc(Br)c2)cc1. The third-order valence-corrected chi connectivity index (χ3v) is 5.14. The van der Waals surface area contributed by atoms with Gasteiger partial charge in [0.15, 0.2) is 5.78 Å². The van der Waals surface area contributed by atoms with Crippen molar-refractivity contribution in [2.24, 2.45) is 0 Å². The minimum atomic E-state index is -0.0784. The number of allylic oxidation sites excluding steroid dienone is 1. The molecule has 0 bridgehead atoms. The van der Waals surface area contributed by atoms with Crippen LogP contribution >= 0.6 is 15.9 Å². The van der Waals surface area contributed by atoms with Crippen molar-refractivity contribution in [3.05, 3.63) is 107 Å². The fourth-order valence-corrected chi connectivity index (χ4v) is 3.50. The number of hydrogen-bond donors (Lipinski definition) is 0. The summed E-state index contributed by atoms with van der Waals surface area (Å²) in [6.07, 6.45) is 5.33. The van der Waals surface area contributed by atoms with Crippen molar-refractivity contribution in [1.82, 2.24) is 9.78 Å². The molecule has 0 aliphatic rings. The van der Waals surface area contributed by atoms with Crippen LogP contribution in [0, 0.1) is 0 Å². The molecule has 0 amide bonds. The summed E-state index contributed by atoms with van der Waals surface area (Å²) in [6.45, 7) is 0. The second-order valence-electron chi connectivity index (χ2n) is 6.65. The van der Waals surface area contributed by atoms with Crippen molar-refractivity contribution in [2.45, 2.75) is 0 Å². The largest absolute Gasteiger partial charge is 0.497 e. The molecular weight excluding hydrogens is 440 g/mol. The third kappa shape index (κ3) is 4.42. The Morgan fingerprint density at radius 2 is 1.77 bits per heavy atom. The van der Waals surface area contributed by atoms with E-state index in [1.165, 1.54) is 0 Å². The Balaban J connectivity index is 1.71. The van der Waals surface area contributed by atoms with Crippen LogP contribution in [-0.4, -0.2) is 22.7 Å². The molecule has 0 saturated heterocycles. The van der Waals surface area contributed by atoms with Crippen LogP contribution in [0.1, 0.15) is 15.9 Å². The molecular formula is C25H19BrN2O2. The molecule has 3 aromatic carbocycles. The summed E-state index contributed by atoms with van der Waals surface area (Å²) in [7, 11) is 1.60. The van der Waals surface area contributed by atoms with Gasteiger partial charge in [-0.25, -0.2) is 4.68 Å². The lowest BCUT2D eigenvalue weighted by atomic mass is 10.1. The van der Waals surface area contributed by atoms with E-state index in [0.717, 1.165) is 32.7 Å². The molecule has 0 N–H and O–H groups in total. The van der Waals surface area contributed by atoms with E-state index in [0.29, 0.717) is 5.56 Å². The number of ketones is 1. The van der Waals surface area contributed by atoms with Crippen molar-refractivity contribution in [3.63, 3.8) is 0 Å². The van der Waals surface area contributed by atoms with Gasteiger partial charge in [0.2, 0.25) is 0 Å². The molecule has 4 rings (SSSR count). The highest BCUT2D eigenvalue weighted by Crippen LogP contribution is 2.27. The maximum absolute atomic E-state index is 12.6. The first kappa shape index (κ1) is 19.9. The van der Waals surface area contributed by atoms with E-state index < -0.39 is 0 Å². The Morgan fingerprint density at radius 3 is 2.47 bits per heavy atom. The zero-order valence-corrected chi connectivity index (χ0v) is 17.9. The number of nitrogens with zero attached hydrogens (tertiary/aromatic N) is 2. The lowest BCUT2D eigenvalue weighted by Crippen LogP contribution is -1.94. The quantitative estimate of drug-likeness (QED) is 0.255. The molecule has 1 aromatic heterocycles. The summed E-state index contributed by atoms with van der Waals surface area (Å²) in [6, 6.07) is 24.9. The number of para-hydroxylation sites is 1. The lowest BCUT2D eigenvalue weighted by molar-refractivity contribution is 0.104. The zero-order valence-electron chi connectivity index (χ0n) is 16.3. The van der Waals surface area contributed by atoms with E-state index >= 15 is 0 Å². The molecule has 30 heavy (non-hydrogen) atoms. The van der Waals surface area contributed by atoms with Crippen LogP contribution in [0.3, 0.4) is 0 Å². The first-order valence-corrected chi connectivity index (χ1v) is 10.2. The topological polar surface area (TPSA) is 44.1 Å². The Morgan fingerprint density at radius 1 is 1.00 bits per heavy atom. The highest BCUT2D eigenvalue weighted by Gasteiger charge is 2.12. The molecule has 0 spiro atoms. The fraction of sp³-hybridized carbons (Fsp3) is 0.0400. The van der Waals surface area contributed by atoms with E-state index in [2.05, 4.69) is 15.9 Å². The van der Waals surface area contributed by atoms with E-state index in [1.54, 1.807) is 37.5 Å². The van der Waals surface area contributed by atoms with E-state index in [9.17, 15) is 4.79 Å². The average Bonchev–Trinajstić information content (AvgIpc) is 3.22. The number of halogens is 1. The normalized spacial score (nSPS) is 11.0. The number of rotatable bonds is 6. The Bertz CT molecular complexity index is 1200. The van der Waals surface area contributed by atoms with E-state index in [1.807, 2.05) is 71.6 Å². The van der Waals surface area contributed by atoms with Crippen molar-refractivity contribution >= 4 is 27.8 Å². The summed E-state index contributed by atoms with van der Waals surface area (Å²) >= 11 is 3.52. The van der Waals surface area contributed by atoms with Crippen LogP contribution in [0.25, 0.3) is 23.0 Å². The molecule has 0 unspecified atom stereocenters. The maximum atomic E-state index is 12.6. The molecule has 0 fully saturated rings. The standard InChI is InChI=1S/C25H19BrN2O2/c1-30-23-13-10-18(11-14-23)24(29)15-12-20-17-28(22-8-3-2-4-9-22)27-25(20)19-6-5-7-21(26)16-19/h2-17H,1H3. The van der Waals surface area contributed by atoms with Gasteiger partial charge in [-0.3, -0.25) is 4.79 Å². The van der Waals surface area contributed by atoms with Gasteiger partial charge in [0.25, 0.3) is 0 Å². The van der Waals surface area contributed by atoms with E-state index in [4.69, 9.17) is 9.84 Å². The molecule has 1 heterocycles. The average molecular weight is 459 g/mol. The highest BCUT2D eigenvalue weighted by molar-refractivity contribution is 9.10. The van der Waals surface area contributed by atoms with Crippen molar-refractivity contribution < 1.29 is 9.53 Å². The highest BCUT2D eigenvalue weighted by atomic mass is 79.9. The van der Waals surface area contributed by atoms with Crippen molar-refractivity contribution in [3.8, 4) is 22.7 Å². The predicted octanol–water partition coefficient (Wildman–Crippen LogP) is 6.21. The maximum Gasteiger partial charge on any atom is 0.185 e. The van der Waals surface area contributed by atoms with Gasteiger partial charge in [-0.05, 0) is 60.7 Å². The number of aromatic nitrogens is 2. The van der Waals surface area contributed by atoms with Crippen LogP contribution in [0.2, 0.25) is 0 Å². The Labute approximate surface area is 183 Å². The van der Waals surface area contributed by atoms with Crippen LogP contribution in [0.15, 0.2) is 95.6 Å². The number of ether oxygens (including phenoxy) is 1. The smallest absolute Gasteiger partial charge is 0.185 e. The summed E-state index contributed by atoms with van der Waals surface area (Å²) in [4.78, 5) is 12.6. The third-order valence-electron chi connectivity index (χ3n) is 4.65. The fourth-order valence-electron chi connectivity index (χ4n) is 3.10. The minimum absolute atomic E-state index is 0.0784. The molecule has 0 radical (unpaired) electrons. The molecule has 0 aliphatic heterocycles. The number of methoxy groups -OCH3 is 1. The molecule has 0 aliphatic carbocycles. The number of benzene rings is 3. The van der Waals surface area contributed by atoms with Crippen LogP contribution in [0.4, 0.5) is 0 Å². The molecule has 5 heteroatoms. The van der Waals surface area contributed by atoms with Gasteiger partial charge in [-0.1, -0.05) is 46.3 Å². The summed E-state index contributed by atoms with van der Waals surface area (Å²) in [5.41, 5.74) is 4.19. The monoisotopic (exact) mass is 458 g/mol. The molecule has 4 nitrogen and oxygen atoms in total. The van der Waals surface area contributed by atoms with Crippen molar-refractivity contribution in [1.29, 1.82) is 0 Å². The van der Waals surface area contributed by atoms with Gasteiger partial charge in [0.05, 0.1) is 18.5 Å². The van der Waals surface area contributed by atoms with Gasteiger partial charge in [-0.2, -0.15) is 5.10 Å². The van der Waals surface area contributed by atoms with E-state index in [-0.39, 0.29) is 5.78 Å².